The fourth-order valence-corrected chi connectivity index (χ4v) is 4.02. The first-order chi connectivity index (χ1) is 16.1. The second kappa shape index (κ2) is 10.4. The Morgan fingerprint density at radius 2 is 1.85 bits per heavy atom. The molecule has 6 nitrogen and oxygen atoms in total. The first-order valence-electron chi connectivity index (χ1n) is 11.4. The van der Waals surface area contributed by atoms with Crippen molar-refractivity contribution in [1.82, 2.24) is 9.97 Å². The smallest absolute Gasteiger partial charge is 0.124 e. The van der Waals surface area contributed by atoms with E-state index in [9.17, 15) is 5.11 Å². The number of pyridine rings is 1. The number of nitrogens with one attached hydrogen (secondary N) is 2. The maximum atomic E-state index is 9.78. The highest BCUT2D eigenvalue weighted by molar-refractivity contribution is 5.84. The van der Waals surface area contributed by atoms with Crippen molar-refractivity contribution < 1.29 is 14.6 Å². The lowest BCUT2D eigenvalue weighted by molar-refractivity contribution is 0.194. The highest BCUT2D eigenvalue weighted by atomic mass is 16.5. The monoisotopic (exact) mass is 445 g/mol. The molecule has 0 bridgehead atoms. The number of H-pyrrole nitrogens is 1. The van der Waals surface area contributed by atoms with E-state index >= 15 is 0 Å². The molecule has 0 aliphatic rings. The second-order valence-corrected chi connectivity index (χ2v) is 8.10. The number of aryl methyl sites for hydroxylation is 2. The van der Waals surface area contributed by atoms with Crippen LogP contribution >= 0.6 is 0 Å². The van der Waals surface area contributed by atoms with Gasteiger partial charge in [-0.05, 0) is 74.6 Å². The van der Waals surface area contributed by atoms with Crippen molar-refractivity contribution in [2.45, 2.75) is 39.2 Å². The van der Waals surface area contributed by atoms with Crippen LogP contribution < -0.4 is 14.8 Å². The van der Waals surface area contributed by atoms with Crippen LogP contribution in [0.3, 0.4) is 0 Å². The molecule has 4 rings (SSSR count). The number of ether oxygens (including phenoxy) is 2. The van der Waals surface area contributed by atoms with E-state index < -0.39 is 6.10 Å². The van der Waals surface area contributed by atoms with Crippen LogP contribution in [-0.4, -0.2) is 28.8 Å². The number of aliphatic hydroxyl groups is 1. The third kappa shape index (κ3) is 5.46. The number of hydrogen-bond acceptors (Lipinski definition) is 5. The first kappa shape index (κ1) is 22.7. The van der Waals surface area contributed by atoms with Gasteiger partial charge in [-0.2, -0.15) is 0 Å². The lowest BCUT2D eigenvalue weighted by atomic mass is 10.0. The number of nitrogens with zero attached hydrogens (tertiary/aromatic N) is 1. The van der Waals surface area contributed by atoms with Crippen LogP contribution in [0.25, 0.3) is 10.9 Å². The van der Waals surface area contributed by atoms with E-state index in [0.717, 1.165) is 47.7 Å². The van der Waals surface area contributed by atoms with Gasteiger partial charge in [-0.3, -0.25) is 4.98 Å². The predicted octanol–water partition coefficient (Wildman–Crippen LogP) is 5.94. The average Bonchev–Trinajstić information content (AvgIpc) is 3.23. The SMILES string of the molecule is CCOc1cc(Nc2ccnc(C(C)O)c2)ccc1CCCc1c[nH]c2cc(OC)ccc12. The van der Waals surface area contributed by atoms with E-state index in [2.05, 4.69) is 39.7 Å². The van der Waals surface area contributed by atoms with E-state index in [1.165, 1.54) is 16.5 Å². The van der Waals surface area contributed by atoms with Crippen LogP contribution in [0.15, 0.2) is 60.9 Å². The molecule has 3 N–H and O–H groups in total. The first-order valence-corrected chi connectivity index (χ1v) is 11.4. The molecule has 2 aromatic carbocycles. The minimum absolute atomic E-state index is 0.604. The number of rotatable bonds is 10. The summed E-state index contributed by atoms with van der Waals surface area (Å²) in [5.74, 6) is 1.76. The Balaban J connectivity index is 1.44. The third-order valence-corrected chi connectivity index (χ3v) is 5.73. The highest BCUT2D eigenvalue weighted by Gasteiger charge is 2.09. The molecular formula is C27H31N3O3. The summed E-state index contributed by atoms with van der Waals surface area (Å²) in [6.07, 6.45) is 6.12. The molecule has 0 radical (unpaired) electrons. The Hall–Kier alpha value is -3.51. The maximum Gasteiger partial charge on any atom is 0.124 e. The number of fused-ring (bicyclic) bond motifs is 1. The van der Waals surface area contributed by atoms with Gasteiger partial charge >= 0.3 is 0 Å². The van der Waals surface area contributed by atoms with Crippen molar-refractivity contribution in [2.75, 3.05) is 19.0 Å². The standard InChI is InChI=1S/C27H31N3O3/c1-4-33-27-15-21(30-22-12-13-28-25(14-22)18(2)31)9-8-19(27)6-5-7-20-17-29-26-16-23(32-3)10-11-24(20)26/h8-18,29,31H,4-7H2,1-3H3,(H,28,30). The molecule has 0 aliphatic heterocycles. The fraction of sp³-hybridized carbons (Fsp3) is 0.296. The van der Waals surface area contributed by atoms with Crippen LogP contribution in [0.1, 0.15) is 43.2 Å². The van der Waals surface area contributed by atoms with E-state index in [1.807, 2.05) is 37.3 Å². The number of anilines is 2. The van der Waals surface area contributed by atoms with Gasteiger partial charge in [0.15, 0.2) is 0 Å². The molecule has 1 atom stereocenters. The molecule has 0 amide bonds. The zero-order valence-electron chi connectivity index (χ0n) is 19.4. The van der Waals surface area contributed by atoms with Crippen LogP contribution in [0.4, 0.5) is 11.4 Å². The Morgan fingerprint density at radius 1 is 1.03 bits per heavy atom. The quantitative estimate of drug-likeness (QED) is 0.281. The van der Waals surface area contributed by atoms with Gasteiger partial charge in [0.2, 0.25) is 0 Å². The van der Waals surface area contributed by atoms with Crippen LogP contribution in [-0.2, 0) is 12.8 Å². The summed E-state index contributed by atoms with van der Waals surface area (Å²) < 4.78 is 11.3. The Morgan fingerprint density at radius 3 is 2.64 bits per heavy atom. The molecule has 172 valence electrons. The number of methoxy groups -OCH3 is 1. The van der Waals surface area contributed by atoms with Crippen molar-refractivity contribution in [3.05, 3.63) is 77.7 Å². The van der Waals surface area contributed by atoms with E-state index in [-0.39, 0.29) is 0 Å². The summed E-state index contributed by atoms with van der Waals surface area (Å²) in [6.45, 7) is 4.32. The molecule has 6 heteroatoms. The Bertz CT molecular complexity index is 1220. The normalized spacial score (nSPS) is 12.0. The van der Waals surface area contributed by atoms with E-state index in [4.69, 9.17) is 9.47 Å². The zero-order valence-corrected chi connectivity index (χ0v) is 19.4. The van der Waals surface area contributed by atoms with Crippen molar-refractivity contribution in [3.63, 3.8) is 0 Å². The minimum Gasteiger partial charge on any atom is -0.497 e. The molecule has 0 aliphatic carbocycles. The van der Waals surface area contributed by atoms with Crippen LogP contribution in [0.2, 0.25) is 0 Å². The van der Waals surface area contributed by atoms with Gasteiger partial charge in [0.1, 0.15) is 11.5 Å². The van der Waals surface area contributed by atoms with Gasteiger partial charge in [-0.15, -0.1) is 0 Å². The average molecular weight is 446 g/mol. The van der Waals surface area contributed by atoms with Gasteiger partial charge in [-0.1, -0.05) is 6.07 Å². The Labute approximate surface area is 194 Å². The van der Waals surface area contributed by atoms with Gasteiger partial charge < -0.3 is 24.9 Å². The molecule has 0 saturated heterocycles. The van der Waals surface area contributed by atoms with E-state index in [0.29, 0.717) is 12.3 Å². The summed E-state index contributed by atoms with van der Waals surface area (Å²) in [5, 5.41) is 14.4. The zero-order chi connectivity index (χ0) is 23.2. The molecule has 0 spiro atoms. The second-order valence-electron chi connectivity index (χ2n) is 8.10. The number of hydrogen-bond donors (Lipinski definition) is 3. The largest absolute Gasteiger partial charge is 0.497 e. The minimum atomic E-state index is -0.604. The molecule has 2 heterocycles. The van der Waals surface area contributed by atoms with Gasteiger partial charge in [0, 0.05) is 46.8 Å². The lowest BCUT2D eigenvalue weighted by Gasteiger charge is -2.14. The van der Waals surface area contributed by atoms with Gasteiger partial charge in [0.25, 0.3) is 0 Å². The van der Waals surface area contributed by atoms with Crippen molar-refractivity contribution >= 4 is 22.3 Å². The maximum absolute atomic E-state index is 9.78. The number of aromatic nitrogens is 2. The van der Waals surface area contributed by atoms with E-state index in [1.54, 1.807) is 20.2 Å². The summed E-state index contributed by atoms with van der Waals surface area (Å²) in [7, 11) is 1.69. The van der Waals surface area contributed by atoms with Crippen molar-refractivity contribution in [2.24, 2.45) is 0 Å². The van der Waals surface area contributed by atoms with Gasteiger partial charge in [0.05, 0.1) is 25.5 Å². The molecule has 1 unspecified atom stereocenters. The van der Waals surface area contributed by atoms with Crippen molar-refractivity contribution in [1.29, 1.82) is 0 Å². The van der Waals surface area contributed by atoms with Gasteiger partial charge in [-0.25, -0.2) is 0 Å². The molecule has 0 fully saturated rings. The summed E-state index contributed by atoms with van der Waals surface area (Å²) in [4.78, 5) is 7.55. The lowest BCUT2D eigenvalue weighted by Crippen LogP contribution is -2.01. The third-order valence-electron chi connectivity index (χ3n) is 5.73. The number of aromatic amines is 1. The Kier molecular flexibility index (Phi) is 7.15. The van der Waals surface area contributed by atoms with Crippen LogP contribution in [0.5, 0.6) is 11.5 Å². The molecule has 2 aromatic heterocycles. The predicted molar refractivity (Wildman–Crippen MR) is 133 cm³/mol. The van der Waals surface area contributed by atoms with Crippen molar-refractivity contribution in [3.8, 4) is 11.5 Å². The topological polar surface area (TPSA) is 79.4 Å². The summed E-state index contributed by atoms with van der Waals surface area (Å²) in [5.41, 5.74) is 6.07. The number of aliphatic hydroxyl groups excluding tert-OH is 1. The highest BCUT2D eigenvalue weighted by Crippen LogP contribution is 2.29. The summed E-state index contributed by atoms with van der Waals surface area (Å²) in [6, 6.07) is 16.1. The fourth-order valence-electron chi connectivity index (χ4n) is 4.02. The van der Waals surface area contributed by atoms with Crippen LogP contribution in [0, 0.1) is 0 Å². The molecule has 33 heavy (non-hydrogen) atoms. The molecule has 4 aromatic rings. The molecule has 0 saturated carbocycles. The molecular weight excluding hydrogens is 414 g/mol. The number of benzene rings is 2. The summed E-state index contributed by atoms with van der Waals surface area (Å²) >= 11 is 0.